The van der Waals surface area contributed by atoms with Crippen molar-refractivity contribution in [3.8, 4) is 0 Å². The first-order valence-electron chi connectivity index (χ1n) is 9.00. The van der Waals surface area contributed by atoms with E-state index < -0.39 is 10.0 Å². The third-order valence-electron chi connectivity index (χ3n) is 4.70. The number of anilines is 1. The second-order valence-corrected chi connectivity index (χ2v) is 9.78. The maximum atomic E-state index is 12.8. The van der Waals surface area contributed by atoms with Crippen molar-refractivity contribution in [2.45, 2.75) is 37.5 Å². The van der Waals surface area contributed by atoms with E-state index in [4.69, 9.17) is 0 Å². The Hall–Kier alpha value is -1.70. The lowest BCUT2D eigenvalue weighted by molar-refractivity contribution is 0.102. The summed E-state index contributed by atoms with van der Waals surface area (Å²) in [5.74, 6) is 0.00349. The molecule has 1 fully saturated rings. The van der Waals surface area contributed by atoms with Crippen molar-refractivity contribution in [3.63, 3.8) is 0 Å². The predicted molar refractivity (Wildman–Crippen MR) is 111 cm³/mol. The van der Waals surface area contributed by atoms with Gasteiger partial charge in [0.25, 0.3) is 5.91 Å². The first-order chi connectivity index (χ1) is 12.8. The summed E-state index contributed by atoms with van der Waals surface area (Å²) in [6.45, 7) is 5.23. The fourth-order valence-electron chi connectivity index (χ4n) is 3.09. The van der Waals surface area contributed by atoms with Crippen LogP contribution in [0.3, 0.4) is 0 Å². The molecule has 1 amide bonds. The maximum absolute atomic E-state index is 12.8. The summed E-state index contributed by atoms with van der Waals surface area (Å²) < 4.78 is 27.6. The van der Waals surface area contributed by atoms with E-state index in [9.17, 15) is 13.2 Å². The molecule has 0 saturated carbocycles. The molecule has 0 radical (unpaired) electrons. The summed E-state index contributed by atoms with van der Waals surface area (Å²) >= 11 is 3.36. The monoisotopic (exact) mass is 450 g/mol. The largest absolute Gasteiger partial charge is 0.322 e. The summed E-state index contributed by atoms with van der Waals surface area (Å²) in [6.07, 6.45) is 1.74. The average Bonchev–Trinajstić information content (AvgIpc) is 3.17. The quantitative estimate of drug-likeness (QED) is 0.722. The lowest BCUT2D eigenvalue weighted by Gasteiger charge is -2.16. The molecule has 0 aromatic heterocycles. The van der Waals surface area contributed by atoms with Gasteiger partial charge in [-0.15, -0.1) is 0 Å². The van der Waals surface area contributed by atoms with Crippen molar-refractivity contribution < 1.29 is 13.2 Å². The van der Waals surface area contributed by atoms with Crippen LogP contribution in [0.25, 0.3) is 0 Å². The van der Waals surface area contributed by atoms with Gasteiger partial charge in [0.15, 0.2) is 0 Å². The zero-order valence-electron chi connectivity index (χ0n) is 15.4. The van der Waals surface area contributed by atoms with Gasteiger partial charge in [0.1, 0.15) is 0 Å². The number of hydrogen-bond donors (Lipinski definition) is 1. The molecule has 144 valence electrons. The van der Waals surface area contributed by atoms with Gasteiger partial charge < -0.3 is 5.32 Å². The third kappa shape index (κ3) is 4.42. The Balaban J connectivity index is 1.88. The summed E-state index contributed by atoms with van der Waals surface area (Å²) in [6, 6.07) is 12.3. The number of carbonyl (C=O) groups is 1. The number of amides is 1. The molecule has 2 aromatic carbocycles. The molecule has 2 aromatic rings. The summed E-state index contributed by atoms with van der Waals surface area (Å²) in [5, 5.41) is 2.87. The lowest BCUT2D eigenvalue weighted by Crippen LogP contribution is -2.28. The number of nitrogens with zero attached hydrogens (tertiary/aromatic N) is 1. The molecule has 0 atom stereocenters. The van der Waals surface area contributed by atoms with Crippen LogP contribution in [0, 0.1) is 0 Å². The number of hydrogen-bond acceptors (Lipinski definition) is 3. The number of benzene rings is 2. The minimum absolute atomic E-state index is 0.147. The van der Waals surface area contributed by atoms with E-state index in [0.29, 0.717) is 34.7 Å². The summed E-state index contributed by atoms with van der Waals surface area (Å²) in [4.78, 5) is 12.9. The number of sulfonamides is 1. The van der Waals surface area contributed by atoms with Crippen LogP contribution in [0.1, 0.15) is 48.5 Å². The molecule has 5 nitrogen and oxygen atoms in total. The Morgan fingerprint density at radius 2 is 1.81 bits per heavy atom. The van der Waals surface area contributed by atoms with Gasteiger partial charge in [0.05, 0.1) is 10.5 Å². The lowest BCUT2D eigenvalue weighted by atomic mass is 10.0. The van der Waals surface area contributed by atoms with E-state index in [1.165, 1.54) is 16.4 Å². The molecule has 0 bridgehead atoms. The van der Waals surface area contributed by atoms with Crippen LogP contribution in [0.2, 0.25) is 0 Å². The molecule has 7 heteroatoms. The SMILES string of the molecule is CC(C)c1cccc(NC(=O)c2cc(S(=O)(=O)N3CCCC3)ccc2Br)c1. The Labute approximate surface area is 169 Å². The van der Waals surface area contributed by atoms with Crippen molar-refractivity contribution in [3.05, 3.63) is 58.1 Å². The molecule has 0 aliphatic carbocycles. The van der Waals surface area contributed by atoms with Crippen molar-refractivity contribution in [1.29, 1.82) is 0 Å². The Bertz CT molecular complexity index is 951. The van der Waals surface area contributed by atoms with Gasteiger partial charge >= 0.3 is 0 Å². The number of nitrogens with one attached hydrogen (secondary N) is 1. The van der Waals surface area contributed by atoms with Gasteiger partial charge in [0, 0.05) is 23.2 Å². The fraction of sp³-hybridized carbons (Fsp3) is 0.350. The van der Waals surface area contributed by atoms with Crippen molar-refractivity contribution in [2.24, 2.45) is 0 Å². The highest BCUT2D eigenvalue weighted by molar-refractivity contribution is 9.10. The van der Waals surface area contributed by atoms with Crippen LogP contribution < -0.4 is 5.32 Å². The van der Waals surface area contributed by atoms with Crippen molar-refractivity contribution in [1.82, 2.24) is 4.31 Å². The van der Waals surface area contributed by atoms with E-state index in [-0.39, 0.29) is 10.8 Å². The van der Waals surface area contributed by atoms with E-state index in [0.717, 1.165) is 18.4 Å². The van der Waals surface area contributed by atoms with Crippen molar-refractivity contribution >= 4 is 37.5 Å². The topological polar surface area (TPSA) is 66.5 Å². The smallest absolute Gasteiger partial charge is 0.256 e. The molecule has 0 unspecified atom stereocenters. The molecular formula is C20H23BrN2O3S. The fourth-order valence-corrected chi connectivity index (χ4v) is 5.06. The molecule has 1 aliphatic rings. The number of carbonyl (C=O) groups excluding carboxylic acids is 1. The molecule has 3 rings (SSSR count). The normalized spacial score (nSPS) is 15.3. The molecule has 27 heavy (non-hydrogen) atoms. The molecular weight excluding hydrogens is 428 g/mol. The summed E-state index contributed by atoms with van der Waals surface area (Å²) in [5.41, 5.74) is 2.10. The maximum Gasteiger partial charge on any atom is 0.256 e. The van der Waals surface area contributed by atoms with E-state index in [1.807, 2.05) is 24.3 Å². The Morgan fingerprint density at radius 3 is 2.48 bits per heavy atom. The highest BCUT2D eigenvalue weighted by Crippen LogP contribution is 2.26. The standard InChI is InChI=1S/C20H23BrN2O3S/c1-14(2)15-6-5-7-16(12-15)22-20(24)18-13-17(8-9-19(18)21)27(25,26)23-10-3-4-11-23/h5-9,12-14H,3-4,10-11H2,1-2H3,(H,22,24). The molecule has 1 N–H and O–H groups in total. The molecule has 1 saturated heterocycles. The third-order valence-corrected chi connectivity index (χ3v) is 7.28. The van der Waals surface area contributed by atoms with Gasteiger partial charge in [-0.1, -0.05) is 26.0 Å². The van der Waals surface area contributed by atoms with Crippen LogP contribution in [0.4, 0.5) is 5.69 Å². The van der Waals surface area contributed by atoms with Gasteiger partial charge in [-0.05, 0) is 70.6 Å². The van der Waals surface area contributed by atoms with Crippen LogP contribution in [-0.4, -0.2) is 31.7 Å². The van der Waals surface area contributed by atoms with Crippen LogP contribution in [0.15, 0.2) is 51.8 Å². The van der Waals surface area contributed by atoms with Gasteiger partial charge in [0.2, 0.25) is 10.0 Å². The minimum atomic E-state index is -3.57. The highest BCUT2D eigenvalue weighted by Gasteiger charge is 2.28. The Kier molecular flexibility index (Phi) is 6.03. The van der Waals surface area contributed by atoms with E-state index in [1.54, 1.807) is 6.07 Å². The van der Waals surface area contributed by atoms with Gasteiger partial charge in [-0.2, -0.15) is 4.31 Å². The minimum Gasteiger partial charge on any atom is -0.322 e. The van der Waals surface area contributed by atoms with E-state index >= 15 is 0 Å². The molecule has 1 aliphatic heterocycles. The number of rotatable bonds is 5. The average molecular weight is 451 g/mol. The first kappa shape index (κ1) is 20.0. The van der Waals surface area contributed by atoms with Gasteiger partial charge in [-0.3, -0.25) is 4.79 Å². The second kappa shape index (κ2) is 8.12. The van der Waals surface area contributed by atoms with Crippen molar-refractivity contribution in [2.75, 3.05) is 18.4 Å². The second-order valence-electron chi connectivity index (χ2n) is 6.99. The first-order valence-corrected chi connectivity index (χ1v) is 11.2. The van der Waals surface area contributed by atoms with Gasteiger partial charge in [-0.25, -0.2) is 8.42 Å². The van der Waals surface area contributed by atoms with E-state index in [2.05, 4.69) is 35.1 Å². The zero-order chi connectivity index (χ0) is 19.6. The number of halogens is 1. The molecule has 1 heterocycles. The van der Waals surface area contributed by atoms with Crippen LogP contribution >= 0.6 is 15.9 Å². The predicted octanol–water partition coefficient (Wildman–Crippen LogP) is 4.61. The Morgan fingerprint density at radius 1 is 1.11 bits per heavy atom. The van der Waals surface area contributed by atoms with Crippen LogP contribution in [0.5, 0.6) is 0 Å². The summed E-state index contributed by atoms with van der Waals surface area (Å²) in [7, 11) is -3.57. The molecule has 0 spiro atoms. The van der Waals surface area contributed by atoms with Crippen LogP contribution in [-0.2, 0) is 10.0 Å². The highest BCUT2D eigenvalue weighted by atomic mass is 79.9. The zero-order valence-corrected chi connectivity index (χ0v) is 17.8.